The summed E-state index contributed by atoms with van der Waals surface area (Å²) in [5, 5.41) is 8.90. The Kier molecular flexibility index (Phi) is 10.1. The van der Waals surface area contributed by atoms with Crippen molar-refractivity contribution in [3.05, 3.63) is 29.8 Å². The molecular weight excluding hydrogens is 401 g/mol. The molecule has 2 saturated heterocycles. The standard InChI is InChI=1S/C20H29N3O3.2ClH/c21-14-16-1-3-18(4-2-16)22-11-7-17(8-12-22)20(26)23-9-5-15(6-10-23)13-19(24)25;;/h1-4,15,17H,5-14,21H2,(H,24,25);2*1H. The summed E-state index contributed by atoms with van der Waals surface area (Å²) in [7, 11) is 0. The van der Waals surface area contributed by atoms with Gasteiger partial charge in [-0.3, -0.25) is 9.59 Å². The molecule has 1 aromatic rings. The first kappa shape index (κ1) is 24.5. The number of anilines is 1. The number of hydrogen-bond acceptors (Lipinski definition) is 4. The summed E-state index contributed by atoms with van der Waals surface area (Å²) in [5.41, 5.74) is 7.97. The molecule has 158 valence electrons. The van der Waals surface area contributed by atoms with Crippen molar-refractivity contribution in [3.63, 3.8) is 0 Å². The van der Waals surface area contributed by atoms with E-state index in [4.69, 9.17) is 10.8 Å². The largest absolute Gasteiger partial charge is 0.481 e. The molecule has 2 fully saturated rings. The van der Waals surface area contributed by atoms with Crippen LogP contribution in [0.15, 0.2) is 24.3 Å². The van der Waals surface area contributed by atoms with Gasteiger partial charge in [-0.1, -0.05) is 12.1 Å². The van der Waals surface area contributed by atoms with Crippen LogP contribution in [0.3, 0.4) is 0 Å². The zero-order chi connectivity index (χ0) is 18.5. The molecule has 0 spiro atoms. The maximum absolute atomic E-state index is 12.8. The van der Waals surface area contributed by atoms with E-state index in [0.29, 0.717) is 19.6 Å². The number of aliphatic carboxylic acids is 1. The van der Waals surface area contributed by atoms with Gasteiger partial charge in [0.05, 0.1) is 0 Å². The summed E-state index contributed by atoms with van der Waals surface area (Å²) < 4.78 is 0. The topological polar surface area (TPSA) is 86.9 Å². The van der Waals surface area contributed by atoms with E-state index in [0.717, 1.165) is 44.3 Å². The lowest BCUT2D eigenvalue weighted by Gasteiger charge is -2.37. The van der Waals surface area contributed by atoms with Crippen molar-refractivity contribution in [1.82, 2.24) is 4.90 Å². The quantitative estimate of drug-likeness (QED) is 0.747. The molecule has 6 nitrogen and oxygen atoms in total. The molecule has 0 saturated carbocycles. The third-order valence-corrected chi connectivity index (χ3v) is 5.77. The molecule has 0 radical (unpaired) electrons. The van der Waals surface area contributed by atoms with Gasteiger partial charge in [0.25, 0.3) is 0 Å². The van der Waals surface area contributed by atoms with Crippen LogP contribution in [0.4, 0.5) is 5.69 Å². The second kappa shape index (κ2) is 11.5. The van der Waals surface area contributed by atoms with Crippen LogP contribution in [-0.4, -0.2) is 48.1 Å². The van der Waals surface area contributed by atoms with Gasteiger partial charge in [-0.25, -0.2) is 0 Å². The van der Waals surface area contributed by atoms with Gasteiger partial charge < -0.3 is 20.6 Å². The van der Waals surface area contributed by atoms with E-state index < -0.39 is 5.97 Å². The van der Waals surface area contributed by atoms with Gasteiger partial charge in [0, 0.05) is 50.7 Å². The van der Waals surface area contributed by atoms with Gasteiger partial charge in [0.2, 0.25) is 5.91 Å². The first-order valence-electron chi connectivity index (χ1n) is 9.61. The highest BCUT2D eigenvalue weighted by Crippen LogP contribution is 2.27. The molecule has 0 aliphatic carbocycles. The first-order chi connectivity index (χ1) is 12.6. The number of carbonyl (C=O) groups is 2. The lowest BCUT2D eigenvalue weighted by atomic mass is 9.90. The number of benzene rings is 1. The van der Waals surface area contributed by atoms with Gasteiger partial charge in [-0.15, -0.1) is 24.8 Å². The second-order valence-corrected chi connectivity index (χ2v) is 7.50. The van der Waals surface area contributed by atoms with Gasteiger partial charge in [-0.2, -0.15) is 0 Å². The second-order valence-electron chi connectivity index (χ2n) is 7.50. The summed E-state index contributed by atoms with van der Waals surface area (Å²) in [4.78, 5) is 27.9. The average Bonchev–Trinajstić information content (AvgIpc) is 2.68. The Morgan fingerprint density at radius 3 is 2.04 bits per heavy atom. The maximum atomic E-state index is 12.8. The molecule has 3 N–H and O–H groups in total. The number of carboxylic acids is 1. The number of halogens is 2. The monoisotopic (exact) mass is 431 g/mol. The molecule has 0 bridgehead atoms. The van der Waals surface area contributed by atoms with E-state index >= 15 is 0 Å². The van der Waals surface area contributed by atoms with E-state index in [-0.39, 0.29) is 49.0 Å². The first-order valence-corrected chi connectivity index (χ1v) is 9.61. The van der Waals surface area contributed by atoms with E-state index in [1.807, 2.05) is 4.90 Å². The fourth-order valence-corrected chi connectivity index (χ4v) is 4.09. The molecule has 0 aromatic heterocycles. The Balaban J connectivity index is 0.00000196. The van der Waals surface area contributed by atoms with Gasteiger partial charge in [0.15, 0.2) is 0 Å². The number of amides is 1. The van der Waals surface area contributed by atoms with E-state index in [2.05, 4.69) is 29.2 Å². The molecule has 28 heavy (non-hydrogen) atoms. The van der Waals surface area contributed by atoms with E-state index in [1.165, 1.54) is 5.69 Å². The highest BCUT2D eigenvalue weighted by atomic mass is 35.5. The fraction of sp³-hybridized carbons (Fsp3) is 0.600. The SMILES string of the molecule is Cl.Cl.NCc1ccc(N2CCC(C(=O)N3CCC(CC(=O)O)CC3)CC2)cc1. The molecule has 1 amide bonds. The summed E-state index contributed by atoms with van der Waals surface area (Å²) in [6, 6.07) is 8.34. The Bertz CT molecular complexity index is 626. The molecule has 2 aliphatic rings. The summed E-state index contributed by atoms with van der Waals surface area (Å²) in [6.45, 7) is 3.76. The molecule has 0 atom stereocenters. The number of carboxylic acid groups (broad SMARTS) is 1. The van der Waals surface area contributed by atoms with Crippen LogP contribution < -0.4 is 10.6 Å². The Morgan fingerprint density at radius 1 is 0.964 bits per heavy atom. The summed E-state index contributed by atoms with van der Waals surface area (Å²) >= 11 is 0. The number of nitrogens with two attached hydrogens (primary N) is 1. The van der Waals surface area contributed by atoms with E-state index in [1.54, 1.807) is 0 Å². The third kappa shape index (κ3) is 6.26. The van der Waals surface area contributed by atoms with Crippen LogP contribution in [0.5, 0.6) is 0 Å². The van der Waals surface area contributed by atoms with Gasteiger partial charge in [-0.05, 0) is 49.3 Å². The highest BCUT2D eigenvalue weighted by Gasteiger charge is 2.31. The highest BCUT2D eigenvalue weighted by molar-refractivity contribution is 5.85. The molecular formula is C20H31Cl2N3O3. The van der Waals surface area contributed by atoms with Crippen molar-refractivity contribution < 1.29 is 14.7 Å². The molecule has 2 heterocycles. The number of nitrogens with zero attached hydrogens (tertiary/aromatic N) is 2. The van der Waals surface area contributed by atoms with Crippen molar-refractivity contribution in [3.8, 4) is 0 Å². The van der Waals surface area contributed by atoms with Crippen LogP contribution in [0.1, 0.15) is 37.7 Å². The van der Waals surface area contributed by atoms with Crippen molar-refractivity contribution in [2.75, 3.05) is 31.1 Å². The number of carbonyl (C=O) groups excluding carboxylic acids is 1. The minimum absolute atomic E-state index is 0. The normalized spacial score (nSPS) is 18.2. The summed E-state index contributed by atoms with van der Waals surface area (Å²) in [5.74, 6) is -0.154. The van der Waals surface area contributed by atoms with Gasteiger partial charge in [0.1, 0.15) is 0 Å². The minimum Gasteiger partial charge on any atom is -0.481 e. The van der Waals surface area contributed by atoms with Gasteiger partial charge >= 0.3 is 5.97 Å². The molecule has 3 rings (SSSR count). The number of piperidine rings is 2. The predicted octanol–water partition coefficient (Wildman–Crippen LogP) is 2.92. The van der Waals surface area contributed by atoms with Crippen LogP contribution in [0, 0.1) is 11.8 Å². The number of rotatable bonds is 5. The molecule has 2 aliphatic heterocycles. The molecule has 0 unspecified atom stereocenters. The van der Waals surface area contributed by atoms with Crippen molar-refractivity contribution in [1.29, 1.82) is 0 Å². The lowest BCUT2D eigenvalue weighted by Crippen LogP contribution is -2.45. The third-order valence-electron chi connectivity index (χ3n) is 5.77. The minimum atomic E-state index is -0.735. The Morgan fingerprint density at radius 2 is 1.54 bits per heavy atom. The van der Waals surface area contributed by atoms with Crippen LogP contribution in [-0.2, 0) is 16.1 Å². The van der Waals surface area contributed by atoms with Crippen LogP contribution in [0.25, 0.3) is 0 Å². The van der Waals surface area contributed by atoms with Crippen molar-refractivity contribution >= 4 is 42.4 Å². The lowest BCUT2D eigenvalue weighted by molar-refractivity contribution is -0.139. The van der Waals surface area contributed by atoms with E-state index in [9.17, 15) is 9.59 Å². The zero-order valence-electron chi connectivity index (χ0n) is 16.1. The van der Waals surface area contributed by atoms with Crippen LogP contribution >= 0.6 is 24.8 Å². The Hall–Kier alpha value is -1.50. The molecule has 1 aromatic carbocycles. The summed E-state index contributed by atoms with van der Waals surface area (Å²) in [6.07, 6.45) is 3.61. The maximum Gasteiger partial charge on any atom is 0.303 e. The molecule has 8 heteroatoms. The zero-order valence-corrected chi connectivity index (χ0v) is 17.7. The smallest absolute Gasteiger partial charge is 0.303 e. The number of hydrogen-bond donors (Lipinski definition) is 2. The average molecular weight is 432 g/mol. The van der Waals surface area contributed by atoms with Crippen molar-refractivity contribution in [2.24, 2.45) is 17.6 Å². The number of likely N-dealkylation sites (tertiary alicyclic amines) is 1. The van der Waals surface area contributed by atoms with Crippen LogP contribution in [0.2, 0.25) is 0 Å². The Labute approximate surface area is 179 Å². The fourth-order valence-electron chi connectivity index (χ4n) is 4.09. The van der Waals surface area contributed by atoms with Crippen molar-refractivity contribution in [2.45, 2.75) is 38.6 Å². The predicted molar refractivity (Wildman–Crippen MR) is 115 cm³/mol.